The highest BCUT2D eigenvalue weighted by molar-refractivity contribution is 6.30. The molecule has 0 saturated heterocycles. The maximum absolute atomic E-state index is 13.3. The van der Waals surface area contributed by atoms with Gasteiger partial charge in [0, 0.05) is 18.1 Å². The molecular formula is C27H22ClNO6. The molecule has 8 heteroatoms. The number of carbonyl (C=O) groups is 1. The molecule has 0 N–H and O–H groups in total. The largest absolute Gasteiger partial charge is 0.478 e. The van der Waals surface area contributed by atoms with Crippen molar-refractivity contribution < 1.29 is 23.4 Å². The predicted octanol–water partition coefficient (Wildman–Crippen LogP) is 5.69. The van der Waals surface area contributed by atoms with Gasteiger partial charge in [-0.15, -0.1) is 0 Å². The zero-order chi connectivity index (χ0) is 24.5. The van der Waals surface area contributed by atoms with Crippen molar-refractivity contribution in [3.05, 3.63) is 98.4 Å². The number of benzene rings is 3. The summed E-state index contributed by atoms with van der Waals surface area (Å²) in [5, 5.41) is 1.10. The van der Waals surface area contributed by atoms with Gasteiger partial charge >= 0.3 is 5.97 Å². The third-order valence-electron chi connectivity index (χ3n) is 5.84. The molecule has 5 rings (SSSR count). The molecule has 4 aromatic rings. The van der Waals surface area contributed by atoms with Crippen LogP contribution in [-0.4, -0.2) is 24.7 Å². The SMILES string of the molecule is COC(=O)c1ccc(Oc2c(C)oc3c4c(ccc3c2=O)OCN(Cc2ccc(Cl)cc2)C4)cc1. The van der Waals surface area contributed by atoms with Crippen LogP contribution >= 0.6 is 11.6 Å². The minimum atomic E-state index is -0.449. The third-order valence-corrected chi connectivity index (χ3v) is 6.09. The number of nitrogens with zero attached hydrogens (tertiary/aromatic N) is 1. The van der Waals surface area contributed by atoms with Crippen LogP contribution in [0.2, 0.25) is 5.02 Å². The van der Waals surface area contributed by atoms with Gasteiger partial charge in [-0.2, -0.15) is 0 Å². The Hall–Kier alpha value is -3.81. The summed E-state index contributed by atoms with van der Waals surface area (Å²) in [5.74, 6) is 1.10. The zero-order valence-corrected chi connectivity index (χ0v) is 19.9. The van der Waals surface area contributed by atoms with Crippen LogP contribution in [0.4, 0.5) is 0 Å². The van der Waals surface area contributed by atoms with Crippen molar-refractivity contribution in [2.24, 2.45) is 0 Å². The fourth-order valence-electron chi connectivity index (χ4n) is 4.06. The van der Waals surface area contributed by atoms with E-state index >= 15 is 0 Å². The second-order valence-electron chi connectivity index (χ2n) is 8.24. The summed E-state index contributed by atoms with van der Waals surface area (Å²) in [6, 6.07) is 17.5. The van der Waals surface area contributed by atoms with Crippen LogP contribution in [0.25, 0.3) is 11.0 Å². The van der Waals surface area contributed by atoms with Gasteiger partial charge in [0.15, 0.2) is 0 Å². The van der Waals surface area contributed by atoms with Gasteiger partial charge in [0.05, 0.1) is 23.6 Å². The van der Waals surface area contributed by atoms with Gasteiger partial charge in [0.2, 0.25) is 11.2 Å². The molecule has 0 amide bonds. The second kappa shape index (κ2) is 9.44. The Morgan fingerprint density at radius 3 is 2.51 bits per heavy atom. The summed E-state index contributed by atoms with van der Waals surface area (Å²) in [6.07, 6.45) is 0. The molecule has 0 bridgehead atoms. The van der Waals surface area contributed by atoms with Crippen LogP contribution in [0.15, 0.2) is 69.9 Å². The summed E-state index contributed by atoms with van der Waals surface area (Å²) < 4.78 is 22.6. The van der Waals surface area contributed by atoms with Crippen LogP contribution < -0.4 is 14.9 Å². The number of carbonyl (C=O) groups excluding carboxylic acids is 1. The van der Waals surface area contributed by atoms with Gasteiger partial charge in [0.1, 0.15) is 29.6 Å². The molecule has 1 aliphatic rings. The molecule has 1 aromatic heterocycles. The third kappa shape index (κ3) is 4.60. The Balaban J connectivity index is 1.44. The monoisotopic (exact) mass is 491 g/mol. The van der Waals surface area contributed by atoms with Crippen LogP contribution in [-0.2, 0) is 17.8 Å². The highest BCUT2D eigenvalue weighted by Gasteiger charge is 2.24. The van der Waals surface area contributed by atoms with E-state index < -0.39 is 5.97 Å². The van der Waals surface area contributed by atoms with Crippen LogP contribution in [0.1, 0.15) is 27.2 Å². The van der Waals surface area contributed by atoms with Crippen molar-refractivity contribution in [1.29, 1.82) is 0 Å². The van der Waals surface area contributed by atoms with Crippen molar-refractivity contribution in [1.82, 2.24) is 4.90 Å². The molecule has 1 aliphatic heterocycles. The minimum absolute atomic E-state index is 0.0954. The summed E-state index contributed by atoms with van der Waals surface area (Å²) in [6.45, 7) is 3.34. The Morgan fingerprint density at radius 1 is 1.06 bits per heavy atom. The first-order chi connectivity index (χ1) is 16.9. The zero-order valence-electron chi connectivity index (χ0n) is 19.2. The average Bonchev–Trinajstić information content (AvgIpc) is 2.87. The van der Waals surface area contributed by atoms with Gasteiger partial charge in [-0.1, -0.05) is 23.7 Å². The lowest BCUT2D eigenvalue weighted by Gasteiger charge is -2.29. The second-order valence-corrected chi connectivity index (χ2v) is 8.68. The number of esters is 1. The lowest BCUT2D eigenvalue weighted by Crippen LogP contribution is -2.31. The van der Waals surface area contributed by atoms with E-state index in [1.165, 1.54) is 7.11 Å². The fraction of sp³-hybridized carbons (Fsp3) is 0.185. The molecule has 0 aliphatic carbocycles. The molecule has 0 radical (unpaired) electrons. The van der Waals surface area contributed by atoms with E-state index in [9.17, 15) is 9.59 Å². The molecule has 0 unspecified atom stereocenters. The molecule has 35 heavy (non-hydrogen) atoms. The van der Waals surface area contributed by atoms with Gasteiger partial charge in [-0.25, -0.2) is 4.79 Å². The lowest BCUT2D eigenvalue weighted by molar-refractivity contribution is 0.0600. The molecular weight excluding hydrogens is 470 g/mol. The Morgan fingerprint density at radius 2 is 1.80 bits per heavy atom. The first-order valence-electron chi connectivity index (χ1n) is 11.0. The molecule has 2 heterocycles. The minimum Gasteiger partial charge on any atom is -0.478 e. The standard InChI is InChI=1S/C27H22ClNO6/c1-16-25(35-20-9-5-18(6-10-20)27(31)32-2)24(30)21-11-12-23-22(26(21)34-16)14-29(15-33-23)13-17-3-7-19(28)8-4-17/h3-12H,13-15H2,1-2H3. The number of fused-ring (bicyclic) bond motifs is 3. The van der Waals surface area contributed by atoms with E-state index in [4.69, 9.17) is 30.2 Å². The van der Waals surface area contributed by atoms with Crippen molar-refractivity contribution in [3.63, 3.8) is 0 Å². The summed E-state index contributed by atoms with van der Waals surface area (Å²) >= 11 is 6.00. The number of ether oxygens (including phenoxy) is 3. The van der Waals surface area contributed by atoms with Crippen molar-refractivity contribution >= 4 is 28.5 Å². The van der Waals surface area contributed by atoms with Crippen molar-refractivity contribution in [3.8, 4) is 17.2 Å². The molecule has 7 nitrogen and oxygen atoms in total. The fourth-order valence-corrected chi connectivity index (χ4v) is 4.19. The molecule has 0 spiro atoms. The molecule has 0 atom stereocenters. The highest BCUT2D eigenvalue weighted by Crippen LogP contribution is 2.34. The molecule has 178 valence electrons. The molecule has 3 aromatic carbocycles. The van der Waals surface area contributed by atoms with Gasteiger partial charge < -0.3 is 18.6 Å². The van der Waals surface area contributed by atoms with Crippen LogP contribution in [0.5, 0.6) is 17.2 Å². The average molecular weight is 492 g/mol. The van der Waals surface area contributed by atoms with Gasteiger partial charge in [-0.3, -0.25) is 9.69 Å². The summed E-state index contributed by atoms with van der Waals surface area (Å²) in [4.78, 5) is 27.1. The topological polar surface area (TPSA) is 78.2 Å². The van der Waals surface area contributed by atoms with Crippen molar-refractivity contribution in [2.75, 3.05) is 13.8 Å². The van der Waals surface area contributed by atoms with Gasteiger partial charge in [-0.05, 0) is 61.0 Å². The summed E-state index contributed by atoms with van der Waals surface area (Å²) in [7, 11) is 1.32. The highest BCUT2D eigenvalue weighted by atomic mass is 35.5. The number of hydrogen-bond donors (Lipinski definition) is 0. The smallest absolute Gasteiger partial charge is 0.337 e. The first-order valence-corrected chi connectivity index (χ1v) is 11.4. The Bertz CT molecular complexity index is 1460. The van der Waals surface area contributed by atoms with Gasteiger partial charge in [0.25, 0.3) is 0 Å². The van der Waals surface area contributed by atoms with E-state index in [0.717, 1.165) is 11.1 Å². The van der Waals surface area contributed by atoms with Crippen molar-refractivity contribution in [2.45, 2.75) is 20.0 Å². The number of hydrogen-bond acceptors (Lipinski definition) is 7. The normalized spacial score (nSPS) is 13.2. The Kier molecular flexibility index (Phi) is 6.19. The molecule has 0 saturated carbocycles. The maximum atomic E-state index is 13.3. The lowest BCUT2D eigenvalue weighted by atomic mass is 10.1. The van der Waals surface area contributed by atoms with E-state index in [2.05, 4.69) is 4.90 Å². The quantitative estimate of drug-likeness (QED) is 0.332. The van der Waals surface area contributed by atoms with E-state index in [-0.39, 0.29) is 11.2 Å². The first kappa shape index (κ1) is 23.0. The number of methoxy groups -OCH3 is 1. The number of aryl methyl sites for hydroxylation is 1. The number of halogens is 1. The van der Waals surface area contributed by atoms with E-state index in [1.807, 2.05) is 24.3 Å². The number of rotatable bonds is 5. The Labute approximate surface area is 206 Å². The summed E-state index contributed by atoms with van der Waals surface area (Å²) in [5.41, 5.74) is 2.51. The maximum Gasteiger partial charge on any atom is 0.337 e. The van der Waals surface area contributed by atoms with Crippen LogP contribution in [0.3, 0.4) is 0 Å². The van der Waals surface area contributed by atoms with E-state index in [1.54, 1.807) is 43.3 Å². The predicted molar refractivity (Wildman–Crippen MR) is 131 cm³/mol. The van der Waals surface area contributed by atoms with Crippen LogP contribution in [0, 0.1) is 6.92 Å². The molecule has 0 fully saturated rings. The van der Waals surface area contributed by atoms with E-state index in [0.29, 0.717) is 58.6 Å².